The number of ether oxygens (including phenoxy) is 1. The fourth-order valence-corrected chi connectivity index (χ4v) is 2.15. The van der Waals surface area contributed by atoms with E-state index in [1.165, 1.54) is 0 Å². The fourth-order valence-electron chi connectivity index (χ4n) is 1.06. The van der Waals surface area contributed by atoms with Gasteiger partial charge < -0.3 is 10.5 Å². The second-order valence-electron chi connectivity index (χ2n) is 3.00. The molecule has 78 valence electrons. The summed E-state index contributed by atoms with van der Waals surface area (Å²) in [7, 11) is -1.15. The lowest BCUT2D eigenvalue weighted by molar-refractivity contribution is 0.196. The SMILES string of the molecule is CCOCS(=O)c1cc(C)ccc1N. The molecular weight excluding hydrogens is 198 g/mol. The molecule has 1 rings (SSSR count). The summed E-state index contributed by atoms with van der Waals surface area (Å²) in [6.07, 6.45) is 0. The zero-order chi connectivity index (χ0) is 10.6. The van der Waals surface area contributed by atoms with E-state index >= 15 is 0 Å². The van der Waals surface area contributed by atoms with Gasteiger partial charge in [-0.1, -0.05) is 6.07 Å². The molecular formula is C10H15NO2S. The smallest absolute Gasteiger partial charge is 0.126 e. The minimum absolute atomic E-state index is 0.212. The first-order valence-corrected chi connectivity index (χ1v) is 5.79. The highest BCUT2D eigenvalue weighted by atomic mass is 32.2. The van der Waals surface area contributed by atoms with Crippen LogP contribution in [-0.4, -0.2) is 16.8 Å². The lowest BCUT2D eigenvalue weighted by Crippen LogP contribution is -2.05. The number of hydrogen-bond donors (Lipinski definition) is 1. The molecule has 1 unspecified atom stereocenters. The molecule has 1 atom stereocenters. The van der Waals surface area contributed by atoms with E-state index in [1.54, 1.807) is 6.07 Å². The summed E-state index contributed by atoms with van der Waals surface area (Å²) < 4.78 is 16.8. The van der Waals surface area contributed by atoms with Gasteiger partial charge in [-0.2, -0.15) is 0 Å². The Morgan fingerprint density at radius 1 is 1.50 bits per heavy atom. The van der Waals surface area contributed by atoms with Crippen molar-refractivity contribution in [2.45, 2.75) is 18.7 Å². The first-order chi connectivity index (χ1) is 6.65. The lowest BCUT2D eigenvalue weighted by atomic mass is 10.2. The molecule has 0 fully saturated rings. The largest absolute Gasteiger partial charge is 0.398 e. The minimum Gasteiger partial charge on any atom is -0.398 e. The summed E-state index contributed by atoms with van der Waals surface area (Å²) in [5.74, 6) is 0.212. The van der Waals surface area contributed by atoms with E-state index in [2.05, 4.69) is 0 Å². The monoisotopic (exact) mass is 213 g/mol. The molecule has 1 aromatic rings. The van der Waals surface area contributed by atoms with Crippen LogP contribution in [0.4, 0.5) is 5.69 Å². The van der Waals surface area contributed by atoms with Gasteiger partial charge in [0.15, 0.2) is 0 Å². The molecule has 4 heteroatoms. The molecule has 14 heavy (non-hydrogen) atoms. The van der Waals surface area contributed by atoms with Crippen LogP contribution in [0.3, 0.4) is 0 Å². The van der Waals surface area contributed by atoms with Gasteiger partial charge in [-0.3, -0.25) is 4.21 Å². The highest BCUT2D eigenvalue weighted by Gasteiger charge is 2.07. The van der Waals surface area contributed by atoms with Crippen molar-refractivity contribution in [1.82, 2.24) is 0 Å². The molecule has 0 aromatic heterocycles. The molecule has 0 bridgehead atoms. The maximum Gasteiger partial charge on any atom is 0.126 e. The van der Waals surface area contributed by atoms with E-state index in [4.69, 9.17) is 10.5 Å². The normalized spacial score (nSPS) is 12.7. The van der Waals surface area contributed by atoms with Crippen LogP contribution >= 0.6 is 0 Å². The quantitative estimate of drug-likeness (QED) is 0.774. The third-order valence-electron chi connectivity index (χ3n) is 1.81. The van der Waals surface area contributed by atoms with E-state index in [9.17, 15) is 4.21 Å². The molecule has 0 saturated carbocycles. The van der Waals surface area contributed by atoms with Crippen molar-refractivity contribution in [3.05, 3.63) is 23.8 Å². The van der Waals surface area contributed by atoms with E-state index in [-0.39, 0.29) is 5.94 Å². The van der Waals surface area contributed by atoms with Crippen molar-refractivity contribution in [1.29, 1.82) is 0 Å². The summed E-state index contributed by atoms with van der Waals surface area (Å²) >= 11 is 0. The number of nitrogens with two attached hydrogens (primary N) is 1. The van der Waals surface area contributed by atoms with Crippen LogP contribution in [0.5, 0.6) is 0 Å². The summed E-state index contributed by atoms with van der Waals surface area (Å²) in [5, 5.41) is 0. The molecule has 0 radical (unpaired) electrons. The van der Waals surface area contributed by atoms with Crippen molar-refractivity contribution in [2.24, 2.45) is 0 Å². The molecule has 0 heterocycles. The van der Waals surface area contributed by atoms with E-state index < -0.39 is 10.8 Å². The van der Waals surface area contributed by atoms with Crippen molar-refractivity contribution < 1.29 is 8.95 Å². The standard InChI is InChI=1S/C10H15NO2S/c1-3-13-7-14(12)10-6-8(2)4-5-9(10)11/h4-6H,3,7,11H2,1-2H3. The van der Waals surface area contributed by atoms with Gasteiger partial charge in [0.05, 0.1) is 15.7 Å². The van der Waals surface area contributed by atoms with Crippen LogP contribution in [0.2, 0.25) is 0 Å². The predicted octanol–water partition coefficient (Wildman–Crippen LogP) is 1.68. The van der Waals surface area contributed by atoms with Gasteiger partial charge in [0.25, 0.3) is 0 Å². The Bertz CT molecular complexity index is 339. The first-order valence-electron chi connectivity index (χ1n) is 4.47. The Hall–Kier alpha value is -0.870. The van der Waals surface area contributed by atoms with Crippen LogP contribution in [0.15, 0.2) is 23.1 Å². The summed E-state index contributed by atoms with van der Waals surface area (Å²) in [4.78, 5) is 0.665. The van der Waals surface area contributed by atoms with Crippen LogP contribution in [0, 0.1) is 6.92 Å². The molecule has 1 aromatic carbocycles. The van der Waals surface area contributed by atoms with Crippen LogP contribution < -0.4 is 5.73 Å². The highest BCUT2D eigenvalue weighted by Crippen LogP contribution is 2.18. The molecule has 0 saturated heterocycles. The number of benzene rings is 1. The van der Waals surface area contributed by atoms with Crippen molar-refractivity contribution in [3.8, 4) is 0 Å². The maximum absolute atomic E-state index is 11.7. The Balaban J connectivity index is 2.83. The summed E-state index contributed by atoms with van der Waals surface area (Å²) in [6.45, 7) is 4.38. The van der Waals surface area contributed by atoms with E-state index in [0.29, 0.717) is 17.2 Å². The van der Waals surface area contributed by atoms with Gasteiger partial charge in [-0.25, -0.2) is 0 Å². The molecule has 0 amide bonds. The highest BCUT2D eigenvalue weighted by molar-refractivity contribution is 7.85. The number of anilines is 1. The Morgan fingerprint density at radius 2 is 2.21 bits per heavy atom. The van der Waals surface area contributed by atoms with Crippen molar-refractivity contribution >= 4 is 16.5 Å². The zero-order valence-electron chi connectivity index (χ0n) is 8.45. The molecule has 0 aliphatic carbocycles. The van der Waals surface area contributed by atoms with Crippen LogP contribution in [-0.2, 0) is 15.5 Å². The Labute approximate surface area is 86.7 Å². The zero-order valence-corrected chi connectivity index (χ0v) is 9.26. The Kier molecular flexibility index (Phi) is 4.10. The molecule has 3 nitrogen and oxygen atoms in total. The minimum atomic E-state index is -1.15. The maximum atomic E-state index is 11.7. The van der Waals surface area contributed by atoms with E-state index in [1.807, 2.05) is 26.0 Å². The van der Waals surface area contributed by atoms with Crippen molar-refractivity contribution in [2.75, 3.05) is 18.3 Å². The van der Waals surface area contributed by atoms with Gasteiger partial charge >= 0.3 is 0 Å². The van der Waals surface area contributed by atoms with Crippen LogP contribution in [0.1, 0.15) is 12.5 Å². The van der Waals surface area contributed by atoms with Crippen LogP contribution in [0.25, 0.3) is 0 Å². The number of rotatable bonds is 4. The Morgan fingerprint density at radius 3 is 2.86 bits per heavy atom. The third kappa shape index (κ3) is 2.82. The fraction of sp³-hybridized carbons (Fsp3) is 0.400. The summed E-state index contributed by atoms with van der Waals surface area (Å²) in [6, 6.07) is 5.51. The van der Waals surface area contributed by atoms with Gasteiger partial charge in [0.1, 0.15) is 5.94 Å². The first kappa shape index (κ1) is 11.2. The molecule has 0 aliphatic rings. The molecule has 0 spiro atoms. The van der Waals surface area contributed by atoms with Crippen molar-refractivity contribution in [3.63, 3.8) is 0 Å². The number of nitrogen functional groups attached to an aromatic ring is 1. The second-order valence-corrected chi connectivity index (χ2v) is 4.36. The third-order valence-corrected chi connectivity index (χ3v) is 3.03. The number of aryl methyl sites for hydroxylation is 1. The number of hydrogen-bond acceptors (Lipinski definition) is 3. The second kappa shape index (κ2) is 5.12. The van der Waals surface area contributed by atoms with Gasteiger partial charge in [-0.15, -0.1) is 0 Å². The average molecular weight is 213 g/mol. The predicted molar refractivity (Wildman–Crippen MR) is 58.5 cm³/mol. The van der Waals surface area contributed by atoms with E-state index in [0.717, 1.165) is 5.56 Å². The summed E-state index contributed by atoms with van der Waals surface area (Å²) in [5.41, 5.74) is 7.33. The topological polar surface area (TPSA) is 52.3 Å². The molecule has 2 N–H and O–H groups in total. The van der Waals surface area contributed by atoms with Gasteiger partial charge in [-0.05, 0) is 31.5 Å². The lowest BCUT2D eigenvalue weighted by Gasteiger charge is -2.06. The van der Waals surface area contributed by atoms with Gasteiger partial charge in [0, 0.05) is 12.3 Å². The average Bonchev–Trinajstić information content (AvgIpc) is 2.18. The van der Waals surface area contributed by atoms with Gasteiger partial charge in [0.2, 0.25) is 0 Å². The molecule has 0 aliphatic heterocycles.